The second-order valence-electron chi connectivity index (χ2n) is 9.78. The molecule has 2 aliphatic rings. The fourth-order valence-corrected chi connectivity index (χ4v) is 5.74. The van der Waals surface area contributed by atoms with Crippen LogP contribution in [0, 0.1) is 5.41 Å². The molecule has 1 saturated heterocycles. The summed E-state index contributed by atoms with van der Waals surface area (Å²) in [6.45, 7) is 6.68. The number of hydrogen-bond acceptors (Lipinski definition) is 7. The summed E-state index contributed by atoms with van der Waals surface area (Å²) < 4.78 is 20.2. The van der Waals surface area contributed by atoms with E-state index in [2.05, 4.69) is 27.0 Å². The monoisotopic (exact) mass is 454 g/mol. The first kappa shape index (κ1) is 21.1. The Labute approximate surface area is 186 Å². The van der Waals surface area contributed by atoms with Crippen LogP contribution in [0.15, 0.2) is 36.9 Å². The van der Waals surface area contributed by atoms with Crippen LogP contribution in [0.4, 0.5) is 10.6 Å². The van der Waals surface area contributed by atoms with Gasteiger partial charge in [-0.1, -0.05) is 6.92 Å². The number of carbonyl (C=O) groups excluding carboxylic acids is 1. The number of fused-ring (bicyclic) bond motifs is 1. The molecule has 32 heavy (non-hydrogen) atoms. The molecule has 4 heterocycles. The second-order valence-corrected chi connectivity index (χ2v) is 12.9. The first-order chi connectivity index (χ1) is 15.2. The summed E-state index contributed by atoms with van der Waals surface area (Å²) >= 11 is 0. The largest absolute Gasteiger partial charge is 0.441 e. The van der Waals surface area contributed by atoms with Crippen LogP contribution in [0.2, 0.25) is 0 Å². The molecule has 1 aliphatic heterocycles. The summed E-state index contributed by atoms with van der Waals surface area (Å²) in [6.07, 6.45) is 9.77. The minimum atomic E-state index is -2.50. The van der Waals surface area contributed by atoms with Crippen LogP contribution < -0.4 is 10.3 Å². The number of carbonyl (C=O) groups is 1. The Kier molecular flexibility index (Phi) is 4.85. The molecule has 0 bridgehead atoms. The molecule has 0 radical (unpaired) electrons. The van der Waals surface area contributed by atoms with Crippen molar-refractivity contribution < 1.29 is 14.1 Å². The van der Waals surface area contributed by atoms with Crippen molar-refractivity contribution in [2.75, 3.05) is 24.8 Å². The number of aromatic nitrogens is 5. The molecule has 0 N–H and O–H groups in total. The van der Waals surface area contributed by atoms with Crippen LogP contribution in [0.25, 0.3) is 11.0 Å². The van der Waals surface area contributed by atoms with Gasteiger partial charge in [-0.3, -0.25) is 4.90 Å². The summed E-state index contributed by atoms with van der Waals surface area (Å²) in [7, 11) is -2.50. The number of hydrogen-bond donors (Lipinski definition) is 0. The van der Waals surface area contributed by atoms with Crippen LogP contribution in [0.3, 0.4) is 0 Å². The lowest BCUT2D eigenvalue weighted by Crippen LogP contribution is -2.45. The fraction of sp³-hybridized carbons (Fsp3) is 0.500. The maximum absolute atomic E-state index is 12.8. The Morgan fingerprint density at radius 1 is 1.16 bits per heavy atom. The average molecular weight is 454 g/mol. The van der Waals surface area contributed by atoms with Gasteiger partial charge in [0.15, 0.2) is 11.5 Å². The van der Waals surface area contributed by atoms with Gasteiger partial charge in [-0.2, -0.15) is 5.10 Å². The molecule has 1 spiro atoms. The van der Waals surface area contributed by atoms with Crippen LogP contribution in [0.5, 0.6) is 0 Å². The maximum Gasteiger partial charge on any atom is 0.416 e. The number of rotatable bonds is 4. The molecule has 1 saturated carbocycles. The third-order valence-electron chi connectivity index (χ3n) is 6.51. The normalized spacial score (nSPS) is 26.1. The van der Waals surface area contributed by atoms with Gasteiger partial charge in [0.05, 0.1) is 25.1 Å². The van der Waals surface area contributed by atoms with Gasteiger partial charge in [-0.05, 0) is 56.6 Å². The molecule has 10 heteroatoms. The summed E-state index contributed by atoms with van der Waals surface area (Å²) in [5, 5.41) is 5.57. The van der Waals surface area contributed by atoms with Crippen LogP contribution in [0.1, 0.15) is 32.6 Å². The SMILES string of the molecule is C[C@]1(Cn2ncc3cccnc32)CCC[C@@]2(CN(c3cnc(P(C)(C)=O)cn3)C(=O)O2)C1. The molecule has 5 rings (SSSR count). The molecule has 3 aromatic heterocycles. The molecule has 0 unspecified atom stereocenters. The van der Waals surface area contributed by atoms with Gasteiger partial charge in [0, 0.05) is 18.1 Å². The quantitative estimate of drug-likeness (QED) is 0.556. The van der Waals surface area contributed by atoms with E-state index < -0.39 is 18.8 Å². The lowest BCUT2D eigenvalue weighted by molar-refractivity contribution is -0.0274. The number of anilines is 1. The molecular weight excluding hydrogens is 427 g/mol. The van der Waals surface area contributed by atoms with E-state index in [1.54, 1.807) is 24.4 Å². The van der Waals surface area contributed by atoms with Gasteiger partial charge < -0.3 is 9.30 Å². The predicted molar refractivity (Wildman–Crippen MR) is 122 cm³/mol. The molecule has 1 aliphatic carbocycles. The lowest BCUT2D eigenvalue weighted by atomic mass is 9.68. The highest BCUT2D eigenvalue weighted by molar-refractivity contribution is 7.69. The third kappa shape index (κ3) is 3.79. The fourth-order valence-electron chi connectivity index (χ4n) is 5.07. The molecular formula is C22H27N6O3P. The van der Waals surface area contributed by atoms with Gasteiger partial charge in [0.1, 0.15) is 18.2 Å². The van der Waals surface area contributed by atoms with Crippen LogP contribution in [-0.2, 0) is 15.8 Å². The first-order valence-corrected chi connectivity index (χ1v) is 13.4. The van der Waals surface area contributed by atoms with E-state index in [4.69, 9.17) is 4.74 Å². The van der Waals surface area contributed by atoms with Gasteiger partial charge >= 0.3 is 6.09 Å². The van der Waals surface area contributed by atoms with Gasteiger partial charge in [0.25, 0.3) is 0 Å². The molecule has 2 fully saturated rings. The van der Waals surface area contributed by atoms with Crippen molar-refractivity contribution in [3.05, 3.63) is 36.9 Å². The molecule has 0 aromatic carbocycles. The topological polar surface area (TPSA) is 103 Å². The third-order valence-corrected chi connectivity index (χ3v) is 7.85. The molecule has 1 amide bonds. The van der Waals surface area contributed by atoms with Crippen molar-refractivity contribution in [2.45, 2.75) is 44.8 Å². The Morgan fingerprint density at radius 3 is 2.75 bits per heavy atom. The lowest BCUT2D eigenvalue weighted by Gasteiger charge is -2.42. The summed E-state index contributed by atoms with van der Waals surface area (Å²) in [4.78, 5) is 27.4. The molecule has 168 valence electrons. The number of nitrogens with zero attached hydrogens (tertiary/aromatic N) is 6. The highest BCUT2D eigenvalue weighted by Gasteiger charge is 2.52. The van der Waals surface area contributed by atoms with Crippen molar-refractivity contribution in [3.8, 4) is 0 Å². The smallest absolute Gasteiger partial charge is 0.416 e. The van der Waals surface area contributed by atoms with E-state index in [1.165, 1.54) is 12.4 Å². The number of pyridine rings is 1. The standard InChI is InChI=1S/C22H27N6O3P/c1-21(14-28-19-16(10-26-28)6-4-9-23-19)7-5-8-22(13-21)15-27(20(29)31-22)17-11-25-18(12-24-17)32(2,3)30/h4,6,9-12H,5,7-8,13-15H2,1-3H3/t21-,22-/m0/s1. The molecule has 9 nitrogen and oxygen atoms in total. The van der Waals surface area contributed by atoms with Crippen molar-refractivity contribution in [2.24, 2.45) is 5.41 Å². The van der Waals surface area contributed by atoms with Gasteiger partial charge in [-0.25, -0.2) is 24.4 Å². The molecule has 2 atom stereocenters. The zero-order valence-corrected chi connectivity index (χ0v) is 19.5. The Morgan fingerprint density at radius 2 is 2.00 bits per heavy atom. The summed E-state index contributed by atoms with van der Waals surface area (Å²) in [5.41, 5.74) is 0.676. The van der Waals surface area contributed by atoms with E-state index >= 15 is 0 Å². The summed E-state index contributed by atoms with van der Waals surface area (Å²) in [5.74, 6) is 0.429. The Balaban J connectivity index is 1.36. The Bertz CT molecular complexity index is 1220. The predicted octanol–water partition coefficient (Wildman–Crippen LogP) is 3.45. The highest BCUT2D eigenvalue weighted by atomic mass is 31.2. The van der Waals surface area contributed by atoms with Crippen LogP contribution >= 0.6 is 7.14 Å². The minimum Gasteiger partial charge on any atom is -0.441 e. The van der Waals surface area contributed by atoms with E-state index in [0.717, 1.165) is 36.7 Å². The van der Waals surface area contributed by atoms with Crippen molar-refractivity contribution in [1.82, 2.24) is 24.7 Å². The van der Waals surface area contributed by atoms with E-state index in [9.17, 15) is 9.36 Å². The highest BCUT2D eigenvalue weighted by Crippen LogP contribution is 2.47. The van der Waals surface area contributed by atoms with Gasteiger partial charge in [-0.15, -0.1) is 0 Å². The van der Waals surface area contributed by atoms with Crippen molar-refractivity contribution >= 4 is 35.5 Å². The van der Waals surface area contributed by atoms with E-state index in [1.807, 2.05) is 23.0 Å². The van der Waals surface area contributed by atoms with Crippen molar-refractivity contribution in [1.29, 1.82) is 0 Å². The second kappa shape index (κ2) is 7.37. The van der Waals surface area contributed by atoms with Crippen molar-refractivity contribution in [3.63, 3.8) is 0 Å². The van der Waals surface area contributed by atoms with Crippen LogP contribution in [-0.4, -0.2) is 56.3 Å². The summed E-state index contributed by atoms with van der Waals surface area (Å²) in [6, 6.07) is 3.92. The number of amides is 1. The Hall–Kier alpha value is -2.80. The van der Waals surface area contributed by atoms with E-state index in [-0.39, 0.29) is 5.41 Å². The molecule has 3 aromatic rings. The number of ether oxygens (including phenoxy) is 1. The maximum atomic E-state index is 12.8. The minimum absolute atomic E-state index is 0.0857. The average Bonchev–Trinajstić information content (AvgIpc) is 3.28. The first-order valence-electron chi connectivity index (χ1n) is 10.8. The zero-order chi connectivity index (χ0) is 22.6. The van der Waals surface area contributed by atoms with Gasteiger partial charge in [0.2, 0.25) is 0 Å². The van der Waals surface area contributed by atoms with E-state index in [0.29, 0.717) is 24.3 Å². The zero-order valence-electron chi connectivity index (χ0n) is 18.6.